The molecule has 0 unspecified atom stereocenters. The van der Waals surface area contributed by atoms with Crippen molar-refractivity contribution in [1.29, 1.82) is 0 Å². The van der Waals surface area contributed by atoms with Crippen LogP contribution in [-0.2, 0) is 4.79 Å². The lowest BCUT2D eigenvalue weighted by Crippen LogP contribution is -2.13. The number of nitrogens with zero attached hydrogens (tertiary/aromatic N) is 1. The molecular formula is C21H18BrN3O3. The van der Waals surface area contributed by atoms with Gasteiger partial charge in [-0.1, -0.05) is 22.0 Å². The van der Waals surface area contributed by atoms with Crippen molar-refractivity contribution in [2.75, 3.05) is 10.6 Å². The van der Waals surface area contributed by atoms with Crippen molar-refractivity contribution in [3.63, 3.8) is 0 Å². The van der Waals surface area contributed by atoms with E-state index in [9.17, 15) is 9.59 Å². The second kappa shape index (κ2) is 8.67. The zero-order valence-electron chi connectivity index (χ0n) is 15.3. The zero-order valence-corrected chi connectivity index (χ0v) is 16.9. The average Bonchev–Trinajstić information content (AvgIpc) is 2.64. The van der Waals surface area contributed by atoms with Crippen LogP contribution in [0.4, 0.5) is 11.4 Å². The molecule has 0 radical (unpaired) electrons. The maximum atomic E-state index is 12.4. The van der Waals surface area contributed by atoms with Gasteiger partial charge in [-0.3, -0.25) is 9.59 Å². The average molecular weight is 440 g/mol. The molecule has 0 aliphatic carbocycles. The molecule has 0 spiro atoms. The molecule has 0 fully saturated rings. The fourth-order valence-corrected chi connectivity index (χ4v) is 2.88. The van der Waals surface area contributed by atoms with E-state index >= 15 is 0 Å². The zero-order chi connectivity index (χ0) is 20.1. The largest absolute Gasteiger partial charge is 0.439 e. The molecule has 0 saturated carbocycles. The molecule has 28 heavy (non-hydrogen) atoms. The van der Waals surface area contributed by atoms with Gasteiger partial charge in [0.15, 0.2) is 0 Å². The van der Waals surface area contributed by atoms with Gasteiger partial charge in [0, 0.05) is 35.0 Å². The number of hydrogen-bond acceptors (Lipinski definition) is 4. The molecule has 1 aromatic heterocycles. The minimum absolute atomic E-state index is 0.142. The quantitative estimate of drug-likeness (QED) is 0.575. The van der Waals surface area contributed by atoms with Crippen LogP contribution in [0, 0.1) is 6.92 Å². The summed E-state index contributed by atoms with van der Waals surface area (Å²) < 4.78 is 6.57. The fourth-order valence-electron chi connectivity index (χ4n) is 2.50. The van der Waals surface area contributed by atoms with Crippen molar-refractivity contribution in [1.82, 2.24) is 4.98 Å². The molecule has 142 valence electrons. The summed E-state index contributed by atoms with van der Waals surface area (Å²) in [5, 5.41) is 5.55. The first kappa shape index (κ1) is 19.6. The van der Waals surface area contributed by atoms with Crippen LogP contribution in [0.25, 0.3) is 0 Å². The number of halogens is 1. The second-order valence-electron chi connectivity index (χ2n) is 6.11. The van der Waals surface area contributed by atoms with Gasteiger partial charge >= 0.3 is 0 Å². The van der Waals surface area contributed by atoms with E-state index in [-0.39, 0.29) is 11.8 Å². The number of nitrogens with one attached hydrogen (secondary N) is 2. The van der Waals surface area contributed by atoms with Crippen LogP contribution in [0.15, 0.2) is 65.3 Å². The van der Waals surface area contributed by atoms with E-state index in [1.54, 1.807) is 30.3 Å². The maximum Gasteiger partial charge on any atom is 0.257 e. The van der Waals surface area contributed by atoms with Crippen molar-refractivity contribution < 1.29 is 14.3 Å². The molecule has 2 amide bonds. The van der Waals surface area contributed by atoms with E-state index in [2.05, 4.69) is 31.5 Å². The topological polar surface area (TPSA) is 80.3 Å². The van der Waals surface area contributed by atoms with Crippen LogP contribution in [0.5, 0.6) is 11.6 Å². The van der Waals surface area contributed by atoms with Crippen LogP contribution in [0.3, 0.4) is 0 Å². The monoisotopic (exact) mass is 439 g/mol. The van der Waals surface area contributed by atoms with E-state index in [0.29, 0.717) is 28.6 Å². The predicted octanol–water partition coefficient (Wildman–Crippen LogP) is 5.16. The fraction of sp³-hybridized carbons (Fsp3) is 0.0952. The highest BCUT2D eigenvalue weighted by atomic mass is 79.9. The summed E-state index contributed by atoms with van der Waals surface area (Å²) in [5.74, 6) is 0.614. The van der Waals surface area contributed by atoms with Crippen LogP contribution >= 0.6 is 15.9 Å². The first-order valence-corrected chi connectivity index (χ1v) is 9.29. The van der Waals surface area contributed by atoms with E-state index in [1.807, 2.05) is 31.2 Å². The Bertz CT molecular complexity index is 1020. The van der Waals surface area contributed by atoms with Gasteiger partial charge in [-0.25, -0.2) is 4.98 Å². The molecule has 2 aromatic carbocycles. The highest BCUT2D eigenvalue weighted by Gasteiger charge is 2.09. The van der Waals surface area contributed by atoms with Crippen LogP contribution in [-0.4, -0.2) is 16.8 Å². The number of amides is 2. The van der Waals surface area contributed by atoms with Gasteiger partial charge in [0.1, 0.15) is 5.75 Å². The minimum atomic E-state index is -0.284. The Balaban J connectivity index is 1.66. The standard InChI is InChI=1S/C21H18BrN3O3/c1-13-10-17(7-8-19(13)24-14(2)26)25-21(27)15-6-9-20(23-12-15)28-18-5-3-4-16(22)11-18/h3-12H,1-2H3,(H,24,26)(H,25,27). The molecule has 2 N–H and O–H groups in total. The number of ether oxygens (including phenoxy) is 1. The van der Waals surface area contributed by atoms with Crippen LogP contribution in [0.1, 0.15) is 22.8 Å². The number of hydrogen-bond donors (Lipinski definition) is 2. The van der Waals surface area contributed by atoms with Crippen molar-refractivity contribution in [2.24, 2.45) is 0 Å². The van der Waals surface area contributed by atoms with E-state index in [4.69, 9.17) is 4.74 Å². The van der Waals surface area contributed by atoms with Crippen molar-refractivity contribution >= 4 is 39.1 Å². The summed E-state index contributed by atoms with van der Waals surface area (Å²) in [4.78, 5) is 27.8. The lowest BCUT2D eigenvalue weighted by Gasteiger charge is -2.10. The van der Waals surface area contributed by atoms with Crippen molar-refractivity contribution in [3.8, 4) is 11.6 Å². The third-order valence-corrected chi connectivity index (χ3v) is 4.31. The van der Waals surface area contributed by atoms with Gasteiger partial charge in [0.25, 0.3) is 5.91 Å². The van der Waals surface area contributed by atoms with Crippen molar-refractivity contribution in [2.45, 2.75) is 13.8 Å². The highest BCUT2D eigenvalue weighted by Crippen LogP contribution is 2.23. The number of aromatic nitrogens is 1. The van der Waals surface area contributed by atoms with Gasteiger partial charge in [-0.15, -0.1) is 0 Å². The molecule has 0 aliphatic heterocycles. The van der Waals surface area contributed by atoms with Crippen LogP contribution in [0.2, 0.25) is 0 Å². The number of anilines is 2. The molecule has 0 atom stereocenters. The van der Waals surface area contributed by atoms with E-state index in [1.165, 1.54) is 13.1 Å². The molecule has 1 heterocycles. The Morgan fingerprint density at radius 1 is 1.04 bits per heavy atom. The Morgan fingerprint density at radius 2 is 1.86 bits per heavy atom. The number of pyridine rings is 1. The molecule has 0 saturated heterocycles. The lowest BCUT2D eigenvalue weighted by atomic mass is 10.1. The van der Waals surface area contributed by atoms with Gasteiger partial charge in [0.05, 0.1) is 5.56 Å². The van der Waals surface area contributed by atoms with Gasteiger partial charge in [-0.2, -0.15) is 0 Å². The number of rotatable bonds is 5. The SMILES string of the molecule is CC(=O)Nc1ccc(NC(=O)c2ccc(Oc3cccc(Br)c3)nc2)cc1C. The summed E-state index contributed by atoms with van der Waals surface area (Å²) in [5.41, 5.74) is 2.60. The number of aryl methyl sites for hydroxylation is 1. The lowest BCUT2D eigenvalue weighted by molar-refractivity contribution is -0.114. The maximum absolute atomic E-state index is 12.4. The Morgan fingerprint density at radius 3 is 2.50 bits per heavy atom. The van der Waals surface area contributed by atoms with Crippen LogP contribution < -0.4 is 15.4 Å². The Labute approximate surface area is 171 Å². The molecule has 0 aliphatic rings. The van der Waals surface area contributed by atoms with E-state index in [0.717, 1.165) is 10.0 Å². The second-order valence-corrected chi connectivity index (χ2v) is 7.03. The normalized spacial score (nSPS) is 10.2. The molecule has 6 nitrogen and oxygen atoms in total. The Hall–Kier alpha value is -3.19. The number of benzene rings is 2. The molecule has 3 aromatic rings. The smallest absolute Gasteiger partial charge is 0.257 e. The summed E-state index contributed by atoms with van der Waals surface area (Å²) >= 11 is 3.38. The summed E-state index contributed by atoms with van der Waals surface area (Å²) in [6, 6.07) is 16.0. The highest BCUT2D eigenvalue weighted by molar-refractivity contribution is 9.10. The summed E-state index contributed by atoms with van der Waals surface area (Å²) in [6.45, 7) is 3.31. The first-order chi connectivity index (χ1) is 13.4. The van der Waals surface area contributed by atoms with E-state index < -0.39 is 0 Å². The molecule has 7 heteroatoms. The third kappa shape index (κ3) is 5.17. The van der Waals surface area contributed by atoms with Gasteiger partial charge in [-0.05, 0) is 55.0 Å². The molecule has 0 bridgehead atoms. The minimum Gasteiger partial charge on any atom is -0.439 e. The van der Waals surface area contributed by atoms with Crippen molar-refractivity contribution in [3.05, 3.63) is 76.4 Å². The summed E-state index contributed by atoms with van der Waals surface area (Å²) in [6.07, 6.45) is 1.46. The Kier molecular flexibility index (Phi) is 6.06. The number of carbonyl (C=O) groups excluding carboxylic acids is 2. The van der Waals surface area contributed by atoms with Gasteiger partial charge in [0.2, 0.25) is 11.8 Å². The first-order valence-electron chi connectivity index (χ1n) is 8.50. The number of carbonyl (C=O) groups is 2. The predicted molar refractivity (Wildman–Crippen MR) is 112 cm³/mol. The summed E-state index contributed by atoms with van der Waals surface area (Å²) in [7, 11) is 0. The van der Waals surface area contributed by atoms with Gasteiger partial charge < -0.3 is 15.4 Å². The molecule has 3 rings (SSSR count). The third-order valence-electron chi connectivity index (χ3n) is 3.81. The molecular weight excluding hydrogens is 422 g/mol.